The van der Waals surface area contributed by atoms with Gasteiger partial charge in [0.1, 0.15) is 11.4 Å². The lowest BCUT2D eigenvalue weighted by Gasteiger charge is -2.21. The zero-order valence-electron chi connectivity index (χ0n) is 13.9. The van der Waals surface area contributed by atoms with Gasteiger partial charge in [0.2, 0.25) is 0 Å². The number of anilines is 2. The van der Waals surface area contributed by atoms with Crippen molar-refractivity contribution in [3.05, 3.63) is 47.9 Å². The maximum absolute atomic E-state index is 12.0. The average molecular weight is 317 g/mol. The van der Waals surface area contributed by atoms with E-state index in [0.29, 0.717) is 5.76 Å². The number of carbonyl (C=O) groups is 1. The van der Waals surface area contributed by atoms with E-state index in [4.69, 9.17) is 4.42 Å². The molecule has 0 aliphatic rings. The van der Waals surface area contributed by atoms with E-state index < -0.39 is 5.60 Å². The molecule has 1 aromatic heterocycles. The first-order valence-electron chi connectivity index (χ1n) is 7.39. The van der Waals surface area contributed by atoms with Gasteiger partial charge in [-0.3, -0.25) is 0 Å². The van der Waals surface area contributed by atoms with Gasteiger partial charge in [-0.1, -0.05) is 0 Å². The summed E-state index contributed by atoms with van der Waals surface area (Å²) in [6.07, 6.45) is 1.49. The molecule has 0 aliphatic carbocycles. The minimum atomic E-state index is -1.26. The molecule has 0 spiro atoms. The molecule has 6 heteroatoms. The van der Waals surface area contributed by atoms with Crippen LogP contribution in [0.3, 0.4) is 0 Å². The van der Waals surface area contributed by atoms with Crippen molar-refractivity contribution < 1.29 is 14.3 Å². The minimum Gasteiger partial charge on any atom is -0.466 e. The maximum Gasteiger partial charge on any atom is 0.319 e. The molecule has 0 bridgehead atoms. The van der Waals surface area contributed by atoms with E-state index >= 15 is 0 Å². The van der Waals surface area contributed by atoms with Crippen LogP contribution in [-0.4, -0.2) is 31.8 Å². The van der Waals surface area contributed by atoms with E-state index in [1.54, 1.807) is 19.1 Å². The van der Waals surface area contributed by atoms with Crippen molar-refractivity contribution >= 4 is 17.4 Å². The van der Waals surface area contributed by atoms with Crippen molar-refractivity contribution in [2.24, 2.45) is 0 Å². The largest absolute Gasteiger partial charge is 0.466 e. The summed E-state index contributed by atoms with van der Waals surface area (Å²) in [4.78, 5) is 14.0. The van der Waals surface area contributed by atoms with Gasteiger partial charge in [0.25, 0.3) is 0 Å². The van der Waals surface area contributed by atoms with Crippen molar-refractivity contribution in [1.29, 1.82) is 0 Å². The number of nitrogens with zero attached hydrogens (tertiary/aromatic N) is 1. The Morgan fingerprint density at radius 1 is 1.35 bits per heavy atom. The number of hydrogen-bond acceptors (Lipinski definition) is 4. The topological polar surface area (TPSA) is 77.7 Å². The Kier molecular flexibility index (Phi) is 4.95. The molecular weight excluding hydrogens is 294 g/mol. The number of rotatable bonds is 5. The summed E-state index contributed by atoms with van der Waals surface area (Å²) in [6, 6.07) is 8.77. The number of hydrogen-bond donors (Lipinski definition) is 3. The molecule has 0 fully saturated rings. The van der Waals surface area contributed by atoms with Crippen LogP contribution in [0.5, 0.6) is 0 Å². The Balaban J connectivity index is 1.95. The second-order valence-corrected chi connectivity index (χ2v) is 5.95. The molecule has 2 rings (SSSR count). The first kappa shape index (κ1) is 16.9. The molecule has 6 nitrogen and oxygen atoms in total. The van der Waals surface area contributed by atoms with Crippen LogP contribution < -0.4 is 15.5 Å². The normalized spacial score (nSPS) is 13.3. The minimum absolute atomic E-state index is 0.0428. The van der Waals surface area contributed by atoms with Crippen LogP contribution in [0.15, 0.2) is 41.0 Å². The van der Waals surface area contributed by atoms with Gasteiger partial charge in [-0.05, 0) is 49.7 Å². The number of aryl methyl sites for hydroxylation is 1. The number of urea groups is 1. The molecule has 0 aliphatic heterocycles. The first-order valence-corrected chi connectivity index (χ1v) is 7.39. The van der Waals surface area contributed by atoms with Gasteiger partial charge in [0, 0.05) is 25.5 Å². The molecule has 1 atom stereocenters. The number of carbonyl (C=O) groups excluding carboxylic acids is 1. The number of aliphatic hydroxyl groups is 1. The zero-order valence-corrected chi connectivity index (χ0v) is 13.9. The summed E-state index contributed by atoms with van der Waals surface area (Å²) in [6.45, 7) is 3.56. The van der Waals surface area contributed by atoms with Crippen LogP contribution in [0, 0.1) is 6.92 Å². The van der Waals surface area contributed by atoms with Gasteiger partial charge in [-0.15, -0.1) is 0 Å². The second-order valence-electron chi connectivity index (χ2n) is 5.95. The van der Waals surface area contributed by atoms with Crippen molar-refractivity contribution in [3.63, 3.8) is 0 Å². The molecule has 1 unspecified atom stereocenters. The smallest absolute Gasteiger partial charge is 0.319 e. The highest BCUT2D eigenvalue weighted by Gasteiger charge is 2.26. The Bertz CT molecular complexity index is 664. The van der Waals surface area contributed by atoms with Crippen LogP contribution in [-0.2, 0) is 5.60 Å². The third kappa shape index (κ3) is 4.26. The van der Waals surface area contributed by atoms with Crippen molar-refractivity contribution in [1.82, 2.24) is 5.32 Å². The van der Waals surface area contributed by atoms with Gasteiger partial charge in [-0.2, -0.15) is 0 Å². The molecule has 0 saturated heterocycles. The van der Waals surface area contributed by atoms with Crippen molar-refractivity contribution in [2.45, 2.75) is 19.4 Å². The molecule has 2 aromatic rings. The fraction of sp³-hybridized carbons (Fsp3) is 0.353. The highest BCUT2D eigenvalue weighted by molar-refractivity contribution is 5.90. The Morgan fingerprint density at radius 3 is 2.65 bits per heavy atom. The van der Waals surface area contributed by atoms with Crippen LogP contribution >= 0.6 is 0 Å². The molecule has 1 aromatic carbocycles. The number of nitrogens with one attached hydrogen (secondary N) is 2. The summed E-state index contributed by atoms with van der Waals surface area (Å²) in [5.41, 5.74) is 1.49. The predicted octanol–water partition coefficient (Wildman–Crippen LogP) is 2.68. The van der Waals surface area contributed by atoms with Gasteiger partial charge >= 0.3 is 6.03 Å². The Morgan fingerprint density at radius 2 is 2.09 bits per heavy atom. The third-order valence-corrected chi connectivity index (χ3v) is 3.62. The summed E-state index contributed by atoms with van der Waals surface area (Å²) >= 11 is 0. The molecule has 2 amide bonds. The van der Waals surface area contributed by atoms with Crippen molar-refractivity contribution in [2.75, 3.05) is 30.9 Å². The molecule has 0 saturated carbocycles. The SMILES string of the molecule is Cc1cc(N(C)C)ccc1NC(=O)NCC(C)(O)c1ccco1. The fourth-order valence-corrected chi connectivity index (χ4v) is 2.16. The first-order chi connectivity index (χ1) is 10.8. The zero-order chi connectivity index (χ0) is 17.0. The summed E-state index contributed by atoms with van der Waals surface area (Å²) in [7, 11) is 3.93. The summed E-state index contributed by atoms with van der Waals surface area (Å²) in [5.74, 6) is 0.407. The molecule has 124 valence electrons. The van der Waals surface area contributed by atoms with Gasteiger partial charge in [-0.25, -0.2) is 4.79 Å². The van der Waals surface area contributed by atoms with Crippen molar-refractivity contribution in [3.8, 4) is 0 Å². The predicted molar refractivity (Wildman–Crippen MR) is 90.8 cm³/mol. The van der Waals surface area contributed by atoms with E-state index in [0.717, 1.165) is 16.9 Å². The Labute approximate surface area is 136 Å². The van der Waals surface area contributed by atoms with Gasteiger partial charge < -0.3 is 25.1 Å². The molecule has 0 radical (unpaired) electrons. The highest BCUT2D eigenvalue weighted by Crippen LogP contribution is 2.22. The molecule has 1 heterocycles. The molecular formula is C17H23N3O3. The van der Waals surface area contributed by atoms with Crippen LogP contribution in [0.2, 0.25) is 0 Å². The second kappa shape index (κ2) is 6.75. The maximum atomic E-state index is 12.0. The number of amides is 2. The lowest BCUT2D eigenvalue weighted by Crippen LogP contribution is -2.40. The third-order valence-electron chi connectivity index (χ3n) is 3.62. The van der Waals surface area contributed by atoms with E-state index in [1.165, 1.54) is 6.26 Å². The average Bonchev–Trinajstić information content (AvgIpc) is 3.02. The van der Waals surface area contributed by atoms with E-state index in [2.05, 4.69) is 10.6 Å². The summed E-state index contributed by atoms with van der Waals surface area (Å²) in [5, 5.41) is 15.7. The quantitative estimate of drug-likeness (QED) is 0.792. The standard InChI is InChI=1S/C17H23N3O3/c1-12-10-13(20(3)4)7-8-14(12)19-16(21)18-11-17(2,22)15-6-5-9-23-15/h5-10,22H,11H2,1-4H3,(H2,18,19,21). The van der Waals surface area contributed by atoms with E-state index in [1.807, 2.05) is 44.1 Å². The van der Waals surface area contributed by atoms with Crippen LogP contribution in [0.4, 0.5) is 16.2 Å². The molecule has 3 N–H and O–H groups in total. The summed E-state index contributed by atoms with van der Waals surface area (Å²) < 4.78 is 5.18. The lowest BCUT2D eigenvalue weighted by molar-refractivity contribution is 0.0372. The fourth-order valence-electron chi connectivity index (χ4n) is 2.16. The monoisotopic (exact) mass is 317 g/mol. The lowest BCUT2D eigenvalue weighted by atomic mass is 10.0. The number of furan rings is 1. The van der Waals surface area contributed by atoms with Crippen LogP contribution in [0.25, 0.3) is 0 Å². The van der Waals surface area contributed by atoms with E-state index in [-0.39, 0.29) is 12.6 Å². The Hall–Kier alpha value is -2.47. The van der Waals surface area contributed by atoms with E-state index in [9.17, 15) is 9.90 Å². The van der Waals surface area contributed by atoms with Gasteiger partial charge in [0.15, 0.2) is 0 Å². The number of benzene rings is 1. The molecule has 23 heavy (non-hydrogen) atoms. The van der Waals surface area contributed by atoms with Crippen LogP contribution in [0.1, 0.15) is 18.2 Å². The van der Waals surface area contributed by atoms with Gasteiger partial charge in [0.05, 0.1) is 12.8 Å². The highest BCUT2D eigenvalue weighted by atomic mass is 16.4.